The first-order valence-corrected chi connectivity index (χ1v) is 7.44. The van der Waals surface area contributed by atoms with Crippen LogP contribution in [0.3, 0.4) is 0 Å². The van der Waals surface area contributed by atoms with Crippen molar-refractivity contribution in [1.29, 1.82) is 0 Å². The van der Waals surface area contributed by atoms with E-state index in [1.807, 2.05) is 43.3 Å². The Bertz CT molecular complexity index is 635. The van der Waals surface area contributed by atoms with E-state index in [2.05, 4.69) is 41.2 Å². The Kier molecular flexibility index (Phi) is 4.61. The van der Waals surface area contributed by atoms with Crippen LogP contribution in [0, 0.1) is 6.92 Å². The van der Waals surface area contributed by atoms with Crippen LogP contribution in [0.15, 0.2) is 46.9 Å². The molecule has 1 amide bonds. The molecule has 2 aromatic rings. The van der Waals surface area contributed by atoms with E-state index >= 15 is 0 Å². The Morgan fingerprint density at radius 3 is 2.55 bits per heavy atom. The van der Waals surface area contributed by atoms with Crippen molar-refractivity contribution in [3.63, 3.8) is 0 Å². The summed E-state index contributed by atoms with van der Waals surface area (Å²) in [5.41, 5.74) is 3.81. The predicted octanol–water partition coefficient (Wildman–Crippen LogP) is 5.13. The number of hydrogen-bond donors (Lipinski definition) is 1. The maximum Gasteiger partial charge on any atom is 0.255 e. The van der Waals surface area contributed by atoms with Gasteiger partial charge in [0.1, 0.15) is 0 Å². The van der Waals surface area contributed by atoms with Crippen LogP contribution in [0.5, 0.6) is 0 Å². The number of rotatable bonds is 3. The van der Waals surface area contributed by atoms with E-state index < -0.39 is 0 Å². The summed E-state index contributed by atoms with van der Waals surface area (Å²) in [7, 11) is 0. The van der Waals surface area contributed by atoms with Crippen LogP contribution in [0.1, 0.15) is 41.3 Å². The summed E-state index contributed by atoms with van der Waals surface area (Å²) >= 11 is 3.45. The molecule has 0 saturated heterocycles. The molecule has 1 N–H and O–H groups in total. The molecule has 2 nitrogen and oxygen atoms in total. The van der Waals surface area contributed by atoms with Gasteiger partial charge in [-0.3, -0.25) is 4.79 Å². The van der Waals surface area contributed by atoms with Crippen LogP contribution < -0.4 is 5.32 Å². The Morgan fingerprint density at radius 2 is 1.90 bits per heavy atom. The van der Waals surface area contributed by atoms with Crippen molar-refractivity contribution in [3.8, 4) is 0 Å². The molecule has 0 atom stereocenters. The number of carbonyl (C=O) groups excluding carboxylic acids is 1. The average Bonchev–Trinajstić information content (AvgIpc) is 2.42. The van der Waals surface area contributed by atoms with Crippen LogP contribution in [0.4, 0.5) is 5.69 Å². The fourth-order valence-electron chi connectivity index (χ4n) is 1.91. The molecule has 0 radical (unpaired) electrons. The maximum absolute atomic E-state index is 12.2. The van der Waals surface area contributed by atoms with Crippen molar-refractivity contribution in [3.05, 3.63) is 63.6 Å². The fraction of sp³-hybridized carbons (Fsp3) is 0.235. The summed E-state index contributed by atoms with van der Waals surface area (Å²) in [4.78, 5) is 12.2. The number of carbonyl (C=O) groups is 1. The van der Waals surface area contributed by atoms with Crippen molar-refractivity contribution >= 4 is 27.5 Å². The van der Waals surface area contributed by atoms with E-state index in [1.165, 1.54) is 5.56 Å². The summed E-state index contributed by atoms with van der Waals surface area (Å²) in [6.45, 7) is 6.27. The molecule has 2 aromatic carbocycles. The number of nitrogens with one attached hydrogen (secondary N) is 1. The summed E-state index contributed by atoms with van der Waals surface area (Å²) < 4.78 is 0.945. The van der Waals surface area contributed by atoms with Crippen LogP contribution in [0.25, 0.3) is 0 Å². The van der Waals surface area contributed by atoms with E-state index in [9.17, 15) is 4.79 Å². The van der Waals surface area contributed by atoms with Crippen LogP contribution in [-0.4, -0.2) is 5.91 Å². The highest BCUT2D eigenvalue weighted by molar-refractivity contribution is 9.10. The van der Waals surface area contributed by atoms with Gasteiger partial charge in [0.15, 0.2) is 0 Å². The van der Waals surface area contributed by atoms with Gasteiger partial charge in [-0.1, -0.05) is 48.0 Å². The minimum absolute atomic E-state index is 0.0911. The Labute approximate surface area is 128 Å². The van der Waals surface area contributed by atoms with Crippen LogP contribution in [0.2, 0.25) is 0 Å². The average molecular weight is 332 g/mol. The van der Waals surface area contributed by atoms with Gasteiger partial charge in [0.25, 0.3) is 5.91 Å². The second-order valence-corrected chi connectivity index (χ2v) is 6.05. The third-order valence-corrected chi connectivity index (χ3v) is 4.10. The topological polar surface area (TPSA) is 29.1 Å². The highest BCUT2D eigenvalue weighted by Gasteiger charge is 2.08. The lowest BCUT2D eigenvalue weighted by atomic mass is 10.0. The van der Waals surface area contributed by atoms with E-state index in [1.54, 1.807) is 0 Å². The largest absolute Gasteiger partial charge is 0.322 e. The van der Waals surface area contributed by atoms with Gasteiger partial charge in [-0.05, 0) is 48.2 Å². The van der Waals surface area contributed by atoms with Crippen molar-refractivity contribution in [1.82, 2.24) is 0 Å². The summed E-state index contributed by atoms with van der Waals surface area (Å²) in [6.07, 6.45) is 0. The molecule has 0 bridgehead atoms. The number of benzene rings is 2. The van der Waals surface area contributed by atoms with Gasteiger partial charge < -0.3 is 5.32 Å². The normalized spacial score (nSPS) is 10.7. The van der Waals surface area contributed by atoms with E-state index in [4.69, 9.17) is 0 Å². The zero-order chi connectivity index (χ0) is 14.7. The smallest absolute Gasteiger partial charge is 0.255 e. The van der Waals surface area contributed by atoms with Crippen molar-refractivity contribution in [2.75, 3.05) is 5.32 Å². The number of anilines is 1. The zero-order valence-electron chi connectivity index (χ0n) is 11.9. The summed E-state index contributed by atoms with van der Waals surface area (Å²) in [5.74, 6) is 0.354. The molecular weight excluding hydrogens is 314 g/mol. The monoisotopic (exact) mass is 331 g/mol. The van der Waals surface area contributed by atoms with Crippen LogP contribution >= 0.6 is 15.9 Å². The predicted molar refractivity (Wildman–Crippen MR) is 87.4 cm³/mol. The number of halogens is 1. The third kappa shape index (κ3) is 3.48. The first-order chi connectivity index (χ1) is 9.47. The number of aryl methyl sites for hydroxylation is 1. The van der Waals surface area contributed by atoms with Crippen LogP contribution in [-0.2, 0) is 0 Å². The molecule has 3 heteroatoms. The third-order valence-electron chi connectivity index (χ3n) is 3.25. The van der Waals surface area contributed by atoms with Gasteiger partial charge in [0.2, 0.25) is 0 Å². The van der Waals surface area contributed by atoms with E-state index in [0.29, 0.717) is 11.5 Å². The minimum Gasteiger partial charge on any atom is -0.322 e. The molecule has 0 aliphatic rings. The fourth-order valence-corrected chi connectivity index (χ4v) is 2.29. The second-order valence-electron chi connectivity index (χ2n) is 5.20. The maximum atomic E-state index is 12.2. The molecule has 0 aromatic heterocycles. The molecule has 0 fully saturated rings. The van der Waals surface area contributed by atoms with E-state index in [-0.39, 0.29) is 5.91 Å². The lowest BCUT2D eigenvalue weighted by Crippen LogP contribution is -2.12. The first kappa shape index (κ1) is 14.8. The highest BCUT2D eigenvalue weighted by atomic mass is 79.9. The van der Waals surface area contributed by atoms with Gasteiger partial charge in [-0.2, -0.15) is 0 Å². The lowest BCUT2D eigenvalue weighted by Gasteiger charge is -2.10. The first-order valence-electron chi connectivity index (χ1n) is 6.65. The highest BCUT2D eigenvalue weighted by Crippen LogP contribution is 2.21. The molecule has 0 unspecified atom stereocenters. The summed E-state index contributed by atoms with van der Waals surface area (Å²) in [5, 5.41) is 2.94. The Morgan fingerprint density at radius 1 is 1.15 bits per heavy atom. The molecule has 0 saturated carbocycles. The zero-order valence-corrected chi connectivity index (χ0v) is 13.5. The molecule has 0 heterocycles. The molecule has 0 aliphatic heterocycles. The van der Waals surface area contributed by atoms with Gasteiger partial charge in [-0.25, -0.2) is 0 Å². The van der Waals surface area contributed by atoms with Gasteiger partial charge >= 0.3 is 0 Å². The molecule has 104 valence electrons. The molecule has 20 heavy (non-hydrogen) atoms. The summed E-state index contributed by atoms with van der Waals surface area (Å²) in [6, 6.07) is 13.6. The van der Waals surface area contributed by atoms with Gasteiger partial charge in [0, 0.05) is 15.7 Å². The SMILES string of the molecule is Cc1ccc(C(=O)Nc2cccc(C(C)C)c2)cc1Br. The molecular formula is C17H18BrNO. The lowest BCUT2D eigenvalue weighted by molar-refractivity contribution is 0.102. The van der Waals surface area contributed by atoms with E-state index in [0.717, 1.165) is 15.7 Å². The minimum atomic E-state index is -0.0911. The van der Waals surface area contributed by atoms with Crippen molar-refractivity contribution in [2.24, 2.45) is 0 Å². The van der Waals surface area contributed by atoms with Gasteiger partial charge in [-0.15, -0.1) is 0 Å². The Balaban J connectivity index is 2.19. The second kappa shape index (κ2) is 6.23. The molecule has 0 spiro atoms. The standard InChI is InChI=1S/C17H18BrNO/c1-11(2)13-5-4-6-15(9-13)19-17(20)14-8-7-12(3)16(18)10-14/h4-11H,1-3H3,(H,19,20). The number of amides is 1. The quantitative estimate of drug-likeness (QED) is 0.829. The Hall–Kier alpha value is -1.61. The van der Waals surface area contributed by atoms with Crippen molar-refractivity contribution in [2.45, 2.75) is 26.7 Å². The molecule has 0 aliphatic carbocycles. The van der Waals surface area contributed by atoms with Gasteiger partial charge in [0.05, 0.1) is 0 Å². The number of hydrogen-bond acceptors (Lipinski definition) is 1. The molecule has 2 rings (SSSR count). The van der Waals surface area contributed by atoms with Crippen molar-refractivity contribution < 1.29 is 4.79 Å².